The minimum atomic E-state index is -1.56. The van der Waals surface area contributed by atoms with Gasteiger partial charge in [0, 0.05) is 5.69 Å². The summed E-state index contributed by atoms with van der Waals surface area (Å²) < 4.78 is 4.94. The van der Waals surface area contributed by atoms with Crippen molar-refractivity contribution in [1.29, 1.82) is 0 Å². The van der Waals surface area contributed by atoms with Crippen molar-refractivity contribution in [2.45, 2.75) is 30.6 Å². The lowest BCUT2D eigenvalue weighted by molar-refractivity contribution is -0.133. The Bertz CT molecular complexity index is 471. The molecule has 8 nitrogen and oxygen atoms in total. The van der Waals surface area contributed by atoms with Crippen molar-refractivity contribution in [2.75, 3.05) is 11.9 Å². The maximum atomic E-state index is 11.8. The molecule has 0 saturated carbocycles. The van der Waals surface area contributed by atoms with Gasteiger partial charge in [0.15, 0.2) is 6.29 Å². The van der Waals surface area contributed by atoms with E-state index in [4.69, 9.17) is 4.74 Å². The average molecular weight is 298 g/mol. The summed E-state index contributed by atoms with van der Waals surface area (Å²) in [6.07, 6.45) is -5.56. The summed E-state index contributed by atoms with van der Waals surface area (Å²) >= 11 is 0. The molecule has 0 aromatic heterocycles. The van der Waals surface area contributed by atoms with Gasteiger partial charge in [0.05, 0.1) is 12.6 Å². The first-order valence-electron chi connectivity index (χ1n) is 6.46. The lowest BCUT2D eigenvalue weighted by atomic mass is 10.0. The van der Waals surface area contributed by atoms with E-state index in [2.05, 4.69) is 10.6 Å². The van der Waals surface area contributed by atoms with Crippen molar-refractivity contribution >= 4 is 11.7 Å². The number of hydrogen-bond donors (Lipinski definition) is 6. The van der Waals surface area contributed by atoms with E-state index in [9.17, 15) is 25.2 Å². The largest absolute Gasteiger partial charge is 0.394 e. The third kappa shape index (κ3) is 3.69. The van der Waals surface area contributed by atoms with Crippen molar-refractivity contribution in [1.82, 2.24) is 5.32 Å². The monoisotopic (exact) mass is 298 g/mol. The molecule has 2 rings (SSSR count). The fraction of sp³-hybridized carbons (Fsp3) is 0.462. The summed E-state index contributed by atoms with van der Waals surface area (Å²) in [4.78, 5) is 11.8. The van der Waals surface area contributed by atoms with Crippen LogP contribution < -0.4 is 10.6 Å². The zero-order valence-electron chi connectivity index (χ0n) is 11.1. The summed E-state index contributed by atoms with van der Waals surface area (Å²) in [5.74, 6) is 0. The van der Waals surface area contributed by atoms with Crippen LogP contribution in [0.5, 0.6) is 0 Å². The molecule has 0 spiro atoms. The predicted octanol–water partition coefficient (Wildman–Crippen LogP) is -1.39. The number of amides is 2. The maximum Gasteiger partial charge on any atom is 0.319 e. The zero-order valence-corrected chi connectivity index (χ0v) is 11.1. The number of aliphatic hydroxyl groups is 4. The van der Waals surface area contributed by atoms with Gasteiger partial charge in [-0.25, -0.2) is 4.79 Å². The molecule has 6 N–H and O–H groups in total. The molecule has 21 heavy (non-hydrogen) atoms. The Kier molecular flexibility index (Phi) is 5.10. The van der Waals surface area contributed by atoms with Crippen LogP contribution in [-0.4, -0.2) is 63.7 Å². The van der Waals surface area contributed by atoms with Gasteiger partial charge in [0.25, 0.3) is 0 Å². The number of anilines is 1. The molecule has 1 aliphatic rings. The summed E-state index contributed by atoms with van der Waals surface area (Å²) in [5.41, 5.74) is 0.555. The topological polar surface area (TPSA) is 131 Å². The molecule has 1 fully saturated rings. The molecule has 1 aromatic rings. The van der Waals surface area contributed by atoms with Gasteiger partial charge in [0.1, 0.15) is 18.3 Å². The van der Waals surface area contributed by atoms with Crippen molar-refractivity contribution in [3.63, 3.8) is 0 Å². The van der Waals surface area contributed by atoms with Gasteiger partial charge in [-0.15, -0.1) is 0 Å². The number of urea groups is 1. The maximum absolute atomic E-state index is 11.8. The molecule has 1 saturated heterocycles. The van der Waals surface area contributed by atoms with Crippen LogP contribution in [0.4, 0.5) is 10.5 Å². The molecule has 1 heterocycles. The molecular formula is C13H18N2O6. The second-order valence-electron chi connectivity index (χ2n) is 4.73. The van der Waals surface area contributed by atoms with Gasteiger partial charge >= 0.3 is 6.03 Å². The average Bonchev–Trinajstić information content (AvgIpc) is 2.73. The molecule has 0 bridgehead atoms. The standard InChI is InChI=1S/C13H18N2O6/c16-6-8(11-9(17)10(18)12(19)21-11)15-13(20)14-7-4-2-1-3-5-7/h1-5,8-12,16-19H,6H2,(H2,14,15,20)/t8-,9-,10+,11+,12+/m0/s1. The molecule has 0 unspecified atom stereocenters. The van der Waals surface area contributed by atoms with E-state index >= 15 is 0 Å². The molecule has 0 radical (unpaired) electrons. The smallest absolute Gasteiger partial charge is 0.319 e. The molecule has 1 aromatic carbocycles. The van der Waals surface area contributed by atoms with Gasteiger partial charge in [-0.3, -0.25) is 0 Å². The highest BCUT2D eigenvalue weighted by molar-refractivity contribution is 5.89. The number of nitrogens with one attached hydrogen (secondary N) is 2. The van der Waals surface area contributed by atoms with Gasteiger partial charge in [-0.1, -0.05) is 18.2 Å². The van der Waals surface area contributed by atoms with E-state index < -0.39 is 43.3 Å². The Morgan fingerprint density at radius 1 is 1.19 bits per heavy atom. The number of rotatable bonds is 4. The molecular weight excluding hydrogens is 280 g/mol. The Balaban J connectivity index is 1.95. The minimum absolute atomic E-state index is 0.524. The SMILES string of the molecule is O=C(Nc1ccccc1)N[C@@H](CO)[C@H]1O[C@@H](O)[C@H](O)[C@@H]1O. The third-order valence-corrected chi connectivity index (χ3v) is 3.22. The second-order valence-corrected chi connectivity index (χ2v) is 4.73. The molecule has 116 valence electrons. The first-order valence-corrected chi connectivity index (χ1v) is 6.46. The third-order valence-electron chi connectivity index (χ3n) is 3.22. The Hall–Kier alpha value is -1.71. The fourth-order valence-corrected chi connectivity index (χ4v) is 2.11. The van der Waals surface area contributed by atoms with Crippen molar-refractivity contribution in [2.24, 2.45) is 0 Å². The quantitative estimate of drug-likeness (QED) is 0.405. The number of carbonyl (C=O) groups is 1. The van der Waals surface area contributed by atoms with Crippen molar-refractivity contribution in [3.05, 3.63) is 30.3 Å². The Morgan fingerprint density at radius 2 is 1.86 bits per heavy atom. The molecule has 2 amide bonds. The number of hydrogen-bond acceptors (Lipinski definition) is 6. The van der Waals surface area contributed by atoms with E-state index in [1.54, 1.807) is 30.3 Å². The number of ether oxygens (including phenoxy) is 1. The van der Waals surface area contributed by atoms with Crippen LogP contribution in [0.25, 0.3) is 0 Å². The van der Waals surface area contributed by atoms with Crippen LogP contribution in [0, 0.1) is 0 Å². The number of carbonyl (C=O) groups excluding carboxylic acids is 1. The van der Waals surface area contributed by atoms with Crippen molar-refractivity contribution in [3.8, 4) is 0 Å². The lowest BCUT2D eigenvalue weighted by Crippen LogP contribution is -2.51. The van der Waals surface area contributed by atoms with E-state index in [0.29, 0.717) is 5.69 Å². The lowest BCUT2D eigenvalue weighted by Gasteiger charge is -2.24. The first-order chi connectivity index (χ1) is 10.0. The van der Waals surface area contributed by atoms with Gasteiger partial charge in [0.2, 0.25) is 0 Å². The molecule has 8 heteroatoms. The Morgan fingerprint density at radius 3 is 2.38 bits per heavy atom. The number of aliphatic hydroxyl groups excluding tert-OH is 4. The fourth-order valence-electron chi connectivity index (χ4n) is 2.11. The Labute approximate surface area is 121 Å². The highest BCUT2D eigenvalue weighted by Gasteiger charge is 2.45. The van der Waals surface area contributed by atoms with Crippen LogP contribution in [0.1, 0.15) is 0 Å². The summed E-state index contributed by atoms with van der Waals surface area (Å²) in [6.45, 7) is -0.524. The van der Waals surface area contributed by atoms with Gasteiger partial charge < -0.3 is 35.8 Å². The van der Waals surface area contributed by atoms with Gasteiger partial charge in [-0.05, 0) is 12.1 Å². The van der Waals surface area contributed by atoms with Crippen LogP contribution in [0.2, 0.25) is 0 Å². The highest BCUT2D eigenvalue weighted by atomic mass is 16.6. The summed E-state index contributed by atoms with van der Waals surface area (Å²) in [7, 11) is 0. The van der Waals surface area contributed by atoms with Crippen LogP contribution >= 0.6 is 0 Å². The van der Waals surface area contributed by atoms with Crippen LogP contribution in [0.3, 0.4) is 0 Å². The normalized spacial score (nSPS) is 29.9. The van der Waals surface area contributed by atoms with Crippen LogP contribution in [0.15, 0.2) is 30.3 Å². The van der Waals surface area contributed by atoms with E-state index in [1.165, 1.54) is 0 Å². The van der Waals surface area contributed by atoms with Crippen LogP contribution in [-0.2, 0) is 4.74 Å². The summed E-state index contributed by atoms with van der Waals surface area (Å²) in [6, 6.07) is 7.07. The first kappa shape index (κ1) is 15.7. The number of para-hydroxylation sites is 1. The van der Waals surface area contributed by atoms with E-state index in [-0.39, 0.29) is 0 Å². The molecule has 0 aliphatic carbocycles. The number of benzene rings is 1. The van der Waals surface area contributed by atoms with E-state index in [1.807, 2.05) is 0 Å². The zero-order chi connectivity index (χ0) is 15.4. The van der Waals surface area contributed by atoms with Crippen molar-refractivity contribution < 1.29 is 30.0 Å². The second kappa shape index (κ2) is 6.83. The molecule has 5 atom stereocenters. The molecule has 1 aliphatic heterocycles. The summed E-state index contributed by atoms with van der Waals surface area (Å²) in [5, 5.41) is 42.7. The predicted molar refractivity (Wildman–Crippen MR) is 72.4 cm³/mol. The minimum Gasteiger partial charge on any atom is -0.394 e. The van der Waals surface area contributed by atoms with E-state index in [0.717, 1.165) is 0 Å². The highest BCUT2D eigenvalue weighted by Crippen LogP contribution is 2.22. The van der Waals surface area contributed by atoms with Gasteiger partial charge in [-0.2, -0.15) is 0 Å².